The third kappa shape index (κ3) is 3.82. The Kier molecular flexibility index (Phi) is 5.31. The Labute approximate surface area is 108 Å². The molecule has 0 atom stereocenters. The van der Waals surface area contributed by atoms with E-state index in [9.17, 15) is 8.42 Å². The van der Waals surface area contributed by atoms with Gasteiger partial charge in [0, 0.05) is 25.7 Å². The number of unbranched alkanes of at least 4 members (excludes halogenated alkanes) is 2. The minimum absolute atomic E-state index is 0.0575. The first-order chi connectivity index (χ1) is 8.51. The van der Waals surface area contributed by atoms with Gasteiger partial charge in [0.2, 0.25) is 0 Å². The van der Waals surface area contributed by atoms with Gasteiger partial charge in [0.15, 0.2) is 5.03 Å². The van der Waals surface area contributed by atoms with E-state index in [2.05, 4.69) is 9.71 Å². The highest BCUT2D eigenvalue weighted by atomic mass is 32.2. The molecule has 7 heteroatoms. The summed E-state index contributed by atoms with van der Waals surface area (Å²) in [5.74, 6) is 0.683. The lowest BCUT2D eigenvalue weighted by atomic mass is 10.2. The van der Waals surface area contributed by atoms with Crippen molar-refractivity contribution in [3.8, 4) is 6.07 Å². The minimum atomic E-state index is -3.52. The molecule has 0 radical (unpaired) electrons. The van der Waals surface area contributed by atoms with Crippen LogP contribution in [-0.4, -0.2) is 24.5 Å². The van der Waals surface area contributed by atoms with Crippen molar-refractivity contribution in [3.05, 3.63) is 12.0 Å². The highest BCUT2D eigenvalue weighted by Crippen LogP contribution is 2.09. The van der Waals surface area contributed by atoms with Crippen LogP contribution in [0.5, 0.6) is 0 Å². The van der Waals surface area contributed by atoms with Gasteiger partial charge in [0.25, 0.3) is 10.0 Å². The minimum Gasteiger partial charge on any atom is -0.334 e. The molecule has 18 heavy (non-hydrogen) atoms. The van der Waals surface area contributed by atoms with Crippen LogP contribution in [-0.2, 0) is 16.6 Å². The smallest absolute Gasteiger partial charge is 0.259 e. The number of aromatic nitrogens is 2. The first kappa shape index (κ1) is 14.7. The number of nitriles is 1. The Morgan fingerprint density at radius 3 is 2.78 bits per heavy atom. The van der Waals surface area contributed by atoms with Crippen LogP contribution < -0.4 is 4.72 Å². The quantitative estimate of drug-likeness (QED) is 0.754. The summed E-state index contributed by atoms with van der Waals surface area (Å²) in [5, 5.41) is 8.42. The standard InChI is InChI=1S/C11H18N4O2S/c1-3-15-9-11(14-10(15)2)18(16,17)13-8-6-4-5-7-12/h9,13H,3-6,8H2,1-2H3. The van der Waals surface area contributed by atoms with Crippen molar-refractivity contribution >= 4 is 10.0 Å². The van der Waals surface area contributed by atoms with Gasteiger partial charge in [-0.1, -0.05) is 0 Å². The van der Waals surface area contributed by atoms with E-state index < -0.39 is 10.0 Å². The first-order valence-corrected chi connectivity index (χ1v) is 7.40. The molecular formula is C11H18N4O2S. The molecule has 1 N–H and O–H groups in total. The summed E-state index contributed by atoms with van der Waals surface area (Å²) in [6.45, 7) is 4.73. The van der Waals surface area contributed by atoms with Crippen LogP contribution >= 0.6 is 0 Å². The molecule has 0 fully saturated rings. The summed E-state index contributed by atoms with van der Waals surface area (Å²) >= 11 is 0. The summed E-state index contributed by atoms with van der Waals surface area (Å²) in [6, 6.07) is 2.02. The molecule has 0 bridgehead atoms. The van der Waals surface area contributed by atoms with Crippen molar-refractivity contribution in [2.45, 2.75) is 44.7 Å². The molecule has 0 saturated carbocycles. The molecule has 1 aromatic rings. The van der Waals surface area contributed by atoms with E-state index in [1.807, 2.05) is 13.0 Å². The third-order valence-corrected chi connectivity index (χ3v) is 3.91. The maximum Gasteiger partial charge on any atom is 0.259 e. The van der Waals surface area contributed by atoms with Gasteiger partial charge in [-0.05, 0) is 26.7 Å². The fourth-order valence-electron chi connectivity index (χ4n) is 1.54. The van der Waals surface area contributed by atoms with E-state index in [0.29, 0.717) is 38.2 Å². The highest BCUT2D eigenvalue weighted by Gasteiger charge is 2.17. The molecule has 1 rings (SSSR count). The number of aryl methyl sites for hydroxylation is 2. The van der Waals surface area contributed by atoms with Gasteiger partial charge in [0.1, 0.15) is 5.82 Å². The topological polar surface area (TPSA) is 87.8 Å². The highest BCUT2D eigenvalue weighted by molar-refractivity contribution is 7.89. The summed E-state index contributed by atoms with van der Waals surface area (Å²) in [7, 11) is -3.52. The first-order valence-electron chi connectivity index (χ1n) is 5.91. The molecule has 0 amide bonds. The number of imidazole rings is 1. The third-order valence-electron chi connectivity index (χ3n) is 2.58. The van der Waals surface area contributed by atoms with Crippen molar-refractivity contribution in [2.24, 2.45) is 0 Å². The molecular weight excluding hydrogens is 252 g/mol. The number of rotatable bonds is 7. The monoisotopic (exact) mass is 270 g/mol. The Hall–Kier alpha value is -1.39. The predicted octanol–water partition coefficient (Wildman–Crippen LogP) is 1.18. The lowest BCUT2D eigenvalue weighted by Gasteiger charge is -2.02. The van der Waals surface area contributed by atoms with Gasteiger partial charge >= 0.3 is 0 Å². The van der Waals surface area contributed by atoms with Crippen LogP contribution in [0.3, 0.4) is 0 Å². The van der Waals surface area contributed by atoms with Crippen molar-refractivity contribution in [3.63, 3.8) is 0 Å². The second-order valence-corrected chi connectivity index (χ2v) is 5.64. The van der Waals surface area contributed by atoms with Crippen molar-refractivity contribution in [2.75, 3.05) is 6.54 Å². The fraction of sp³-hybridized carbons (Fsp3) is 0.636. The average Bonchev–Trinajstić information content (AvgIpc) is 2.71. The SMILES string of the molecule is CCn1cc(S(=O)(=O)NCCCCC#N)nc1C. The number of nitrogens with one attached hydrogen (secondary N) is 1. The van der Waals surface area contributed by atoms with Gasteiger partial charge in [-0.2, -0.15) is 5.26 Å². The second-order valence-electron chi connectivity index (χ2n) is 3.93. The Morgan fingerprint density at radius 1 is 1.50 bits per heavy atom. The van der Waals surface area contributed by atoms with Gasteiger partial charge in [-0.3, -0.25) is 0 Å². The summed E-state index contributed by atoms with van der Waals surface area (Å²) in [6.07, 6.45) is 3.33. The largest absolute Gasteiger partial charge is 0.334 e. The van der Waals surface area contributed by atoms with Crippen molar-refractivity contribution in [1.82, 2.24) is 14.3 Å². The molecule has 0 aliphatic rings. The lowest BCUT2D eigenvalue weighted by Crippen LogP contribution is -2.25. The number of sulfonamides is 1. The van der Waals surface area contributed by atoms with E-state index in [1.165, 1.54) is 6.20 Å². The summed E-state index contributed by atoms with van der Waals surface area (Å²) in [4.78, 5) is 4.03. The van der Waals surface area contributed by atoms with Gasteiger partial charge in [-0.15, -0.1) is 0 Å². The van der Waals surface area contributed by atoms with E-state index in [4.69, 9.17) is 5.26 Å². The Morgan fingerprint density at radius 2 is 2.22 bits per heavy atom. The number of hydrogen-bond donors (Lipinski definition) is 1. The van der Waals surface area contributed by atoms with E-state index in [1.54, 1.807) is 11.5 Å². The molecule has 0 unspecified atom stereocenters. The molecule has 1 heterocycles. The zero-order chi connectivity index (χ0) is 13.6. The Bertz CT molecular complexity index is 528. The summed E-state index contributed by atoms with van der Waals surface area (Å²) in [5.41, 5.74) is 0. The molecule has 100 valence electrons. The number of nitrogens with zero attached hydrogens (tertiary/aromatic N) is 3. The van der Waals surface area contributed by atoms with Gasteiger partial charge < -0.3 is 4.57 Å². The zero-order valence-corrected chi connectivity index (χ0v) is 11.5. The maximum atomic E-state index is 11.9. The molecule has 6 nitrogen and oxygen atoms in total. The van der Waals surface area contributed by atoms with Crippen LogP contribution in [0.1, 0.15) is 32.0 Å². The number of hydrogen-bond acceptors (Lipinski definition) is 4. The lowest BCUT2D eigenvalue weighted by molar-refractivity contribution is 0.574. The zero-order valence-electron chi connectivity index (χ0n) is 10.7. The van der Waals surface area contributed by atoms with Crippen molar-refractivity contribution < 1.29 is 8.42 Å². The molecule has 0 aliphatic heterocycles. The molecule has 0 saturated heterocycles. The van der Waals surface area contributed by atoms with Crippen LogP contribution in [0.2, 0.25) is 0 Å². The van der Waals surface area contributed by atoms with Crippen LogP contribution in [0.4, 0.5) is 0 Å². The van der Waals surface area contributed by atoms with Gasteiger partial charge in [-0.25, -0.2) is 18.1 Å². The second kappa shape index (κ2) is 6.52. The predicted molar refractivity (Wildman–Crippen MR) is 67.3 cm³/mol. The summed E-state index contributed by atoms with van der Waals surface area (Å²) < 4.78 is 28.1. The maximum absolute atomic E-state index is 11.9. The normalized spacial score (nSPS) is 11.4. The van der Waals surface area contributed by atoms with Crippen LogP contribution in [0.25, 0.3) is 0 Å². The molecule has 0 spiro atoms. The fourth-order valence-corrected chi connectivity index (χ4v) is 2.62. The van der Waals surface area contributed by atoms with Crippen molar-refractivity contribution in [1.29, 1.82) is 5.26 Å². The van der Waals surface area contributed by atoms with Crippen LogP contribution in [0, 0.1) is 18.3 Å². The molecule has 1 aromatic heterocycles. The van der Waals surface area contributed by atoms with Crippen LogP contribution in [0.15, 0.2) is 11.2 Å². The Balaban J connectivity index is 2.60. The molecule has 0 aromatic carbocycles. The van der Waals surface area contributed by atoms with E-state index in [-0.39, 0.29) is 5.03 Å². The van der Waals surface area contributed by atoms with E-state index in [0.717, 1.165) is 0 Å². The average molecular weight is 270 g/mol. The van der Waals surface area contributed by atoms with E-state index >= 15 is 0 Å². The van der Waals surface area contributed by atoms with Gasteiger partial charge in [0.05, 0.1) is 6.07 Å². The molecule has 0 aliphatic carbocycles.